The molecule has 1 amide bonds. The summed E-state index contributed by atoms with van der Waals surface area (Å²) in [5.74, 6) is 3.61. The van der Waals surface area contributed by atoms with Crippen molar-refractivity contribution in [1.29, 1.82) is 0 Å². The second kappa shape index (κ2) is 6.67. The van der Waals surface area contributed by atoms with Crippen molar-refractivity contribution in [3.8, 4) is 0 Å². The van der Waals surface area contributed by atoms with Gasteiger partial charge >= 0.3 is 0 Å². The van der Waals surface area contributed by atoms with Gasteiger partial charge in [0.2, 0.25) is 11.8 Å². The Morgan fingerprint density at radius 1 is 1.17 bits per heavy atom. The Kier molecular flexibility index (Phi) is 4.14. The number of nitrogens with zero attached hydrogens (tertiary/aromatic N) is 3. The molecule has 4 fully saturated rings. The van der Waals surface area contributed by atoms with Crippen molar-refractivity contribution in [2.45, 2.75) is 55.6 Å². The van der Waals surface area contributed by atoms with Gasteiger partial charge in [-0.05, 0) is 80.0 Å². The number of hydrogen-bond acceptors (Lipinski definition) is 6. The van der Waals surface area contributed by atoms with Gasteiger partial charge in [-0.1, -0.05) is 11.8 Å². The van der Waals surface area contributed by atoms with E-state index in [4.69, 9.17) is 4.42 Å². The molecule has 4 aliphatic carbocycles. The van der Waals surface area contributed by atoms with E-state index in [1.54, 1.807) is 18.0 Å². The van der Waals surface area contributed by atoms with Crippen LogP contribution < -0.4 is 4.90 Å². The molecule has 4 bridgehead atoms. The summed E-state index contributed by atoms with van der Waals surface area (Å²) in [6.45, 7) is 0. The molecule has 0 atom stereocenters. The Bertz CT molecular complexity index is 1010. The van der Waals surface area contributed by atoms with E-state index in [2.05, 4.69) is 10.2 Å². The smallest absolute Gasteiger partial charge is 0.277 e. The summed E-state index contributed by atoms with van der Waals surface area (Å²) < 4.78 is 6.09. The second-order valence-corrected chi connectivity index (χ2v) is 10.7. The minimum absolute atomic E-state index is 0.0133. The van der Waals surface area contributed by atoms with Gasteiger partial charge in [0.05, 0.1) is 12.2 Å². The van der Waals surface area contributed by atoms with Crippen LogP contribution >= 0.6 is 11.8 Å². The molecular formula is C23H25N3O3S. The van der Waals surface area contributed by atoms with Crippen LogP contribution in [0.3, 0.4) is 0 Å². The Labute approximate surface area is 179 Å². The van der Waals surface area contributed by atoms with Crippen LogP contribution in [0.5, 0.6) is 0 Å². The summed E-state index contributed by atoms with van der Waals surface area (Å²) >= 11 is 1.32. The number of fused-ring (bicyclic) bond motifs is 1. The molecule has 6 nitrogen and oxygen atoms in total. The normalized spacial score (nSPS) is 31.4. The molecule has 0 spiro atoms. The highest BCUT2D eigenvalue weighted by Gasteiger charge is 2.54. The van der Waals surface area contributed by atoms with E-state index < -0.39 is 0 Å². The van der Waals surface area contributed by atoms with Crippen LogP contribution in [0.2, 0.25) is 0 Å². The van der Waals surface area contributed by atoms with Crippen LogP contribution in [-0.2, 0) is 16.6 Å². The minimum atomic E-state index is 0.0133. The predicted octanol–water partition coefficient (Wildman–Crippen LogP) is 4.03. The number of hydrogen-bond donors (Lipinski definition) is 0. The number of carbonyl (C=O) groups excluding carboxylic acids is 2. The summed E-state index contributed by atoms with van der Waals surface area (Å²) in [6, 6.07) is 5.50. The zero-order chi connectivity index (χ0) is 20.5. The van der Waals surface area contributed by atoms with Crippen molar-refractivity contribution in [2.75, 3.05) is 17.7 Å². The van der Waals surface area contributed by atoms with Crippen LogP contribution in [0.15, 0.2) is 27.8 Å². The summed E-state index contributed by atoms with van der Waals surface area (Å²) in [7, 11) is 1.77. The lowest BCUT2D eigenvalue weighted by Gasteiger charge is -2.55. The SMILES string of the molecule is CN1C(=O)Cc2cc(C(=O)CSc3nnc(C45CC6CC(CC(C6)C4)C5)o3)ccc21. The fourth-order valence-corrected chi connectivity index (χ4v) is 7.37. The molecule has 4 saturated carbocycles. The van der Waals surface area contributed by atoms with Crippen LogP contribution in [0.4, 0.5) is 5.69 Å². The average Bonchev–Trinajstić information content (AvgIpc) is 3.30. The van der Waals surface area contributed by atoms with Gasteiger partial charge in [0.1, 0.15) is 0 Å². The van der Waals surface area contributed by atoms with Crippen molar-refractivity contribution in [3.05, 3.63) is 35.2 Å². The highest BCUT2D eigenvalue weighted by molar-refractivity contribution is 7.99. The maximum absolute atomic E-state index is 12.7. The standard InChI is InChI=1S/C23H25N3O3S/c1-26-18-3-2-16(7-17(18)8-20(26)28)19(27)12-30-22-25-24-21(29-22)23-9-13-4-14(10-23)6-15(5-13)11-23/h2-3,7,13-15H,4-6,8-12H2,1H3. The van der Waals surface area contributed by atoms with E-state index in [0.29, 0.717) is 17.2 Å². The summed E-state index contributed by atoms with van der Waals surface area (Å²) in [5.41, 5.74) is 2.52. The average molecular weight is 424 g/mol. The molecule has 0 radical (unpaired) electrons. The number of likely N-dealkylation sites (N-methyl/N-ethyl adjacent to an activating group) is 1. The number of ketones is 1. The predicted molar refractivity (Wildman–Crippen MR) is 113 cm³/mol. The first-order chi connectivity index (χ1) is 14.5. The van der Waals surface area contributed by atoms with Crippen molar-refractivity contribution < 1.29 is 14.0 Å². The van der Waals surface area contributed by atoms with Gasteiger partial charge < -0.3 is 9.32 Å². The molecule has 0 N–H and O–H groups in total. The van der Waals surface area contributed by atoms with Gasteiger partial charge in [0.25, 0.3) is 5.22 Å². The topological polar surface area (TPSA) is 76.3 Å². The Morgan fingerprint density at radius 3 is 2.57 bits per heavy atom. The molecule has 2 aromatic rings. The third kappa shape index (κ3) is 2.93. The van der Waals surface area contributed by atoms with Crippen LogP contribution in [0, 0.1) is 17.8 Å². The van der Waals surface area contributed by atoms with Gasteiger partial charge in [-0.2, -0.15) is 0 Å². The third-order valence-electron chi connectivity index (χ3n) is 7.70. The number of Topliss-reactive ketones (excluding diaryl/α,β-unsaturated/α-hetero) is 1. The quantitative estimate of drug-likeness (QED) is 0.534. The highest BCUT2D eigenvalue weighted by Crippen LogP contribution is 2.60. The van der Waals surface area contributed by atoms with Crippen molar-refractivity contribution in [2.24, 2.45) is 17.8 Å². The van der Waals surface area contributed by atoms with E-state index in [1.807, 2.05) is 12.1 Å². The van der Waals surface area contributed by atoms with E-state index in [-0.39, 0.29) is 22.9 Å². The van der Waals surface area contributed by atoms with Crippen molar-refractivity contribution in [3.63, 3.8) is 0 Å². The maximum atomic E-state index is 12.7. The molecule has 1 aromatic carbocycles. The molecule has 7 rings (SSSR count). The zero-order valence-electron chi connectivity index (χ0n) is 17.1. The van der Waals surface area contributed by atoms with Gasteiger partial charge in [-0.25, -0.2) is 0 Å². The highest BCUT2D eigenvalue weighted by atomic mass is 32.2. The summed E-state index contributed by atoms with van der Waals surface area (Å²) in [4.78, 5) is 26.2. The molecule has 0 saturated heterocycles. The van der Waals surface area contributed by atoms with Gasteiger partial charge in [-0.15, -0.1) is 10.2 Å². The zero-order valence-corrected chi connectivity index (χ0v) is 17.9. The first kappa shape index (κ1) is 18.6. The van der Waals surface area contributed by atoms with Crippen LogP contribution in [0.1, 0.15) is 60.3 Å². The molecule has 2 heterocycles. The minimum Gasteiger partial charge on any atom is -0.415 e. The Balaban J connectivity index is 1.14. The maximum Gasteiger partial charge on any atom is 0.277 e. The first-order valence-electron chi connectivity index (χ1n) is 10.9. The molecule has 1 aliphatic heterocycles. The van der Waals surface area contributed by atoms with E-state index in [9.17, 15) is 9.59 Å². The number of aromatic nitrogens is 2. The van der Waals surface area contributed by atoms with E-state index in [0.717, 1.165) is 34.9 Å². The first-order valence-corrected chi connectivity index (χ1v) is 11.9. The molecule has 7 heteroatoms. The largest absolute Gasteiger partial charge is 0.415 e. The number of anilines is 1. The second-order valence-electron chi connectivity index (χ2n) is 9.76. The number of rotatable bonds is 5. The van der Waals surface area contributed by atoms with Gasteiger partial charge in [0.15, 0.2) is 5.78 Å². The van der Waals surface area contributed by atoms with E-state index >= 15 is 0 Å². The van der Waals surface area contributed by atoms with Crippen molar-refractivity contribution >= 4 is 29.1 Å². The monoisotopic (exact) mass is 423 g/mol. The Morgan fingerprint density at radius 2 is 1.87 bits per heavy atom. The number of carbonyl (C=O) groups is 2. The molecule has 156 valence electrons. The summed E-state index contributed by atoms with van der Waals surface area (Å²) in [5, 5.41) is 9.18. The number of thioether (sulfide) groups is 1. The molecule has 30 heavy (non-hydrogen) atoms. The molecular weight excluding hydrogens is 398 g/mol. The van der Waals surface area contributed by atoms with Gasteiger partial charge in [0, 0.05) is 23.7 Å². The van der Waals surface area contributed by atoms with Crippen LogP contribution in [-0.4, -0.2) is 34.7 Å². The Hall–Kier alpha value is -2.15. The number of amides is 1. The van der Waals surface area contributed by atoms with E-state index in [1.165, 1.54) is 50.3 Å². The summed E-state index contributed by atoms with van der Waals surface area (Å²) in [6.07, 6.45) is 8.06. The lowest BCUT2D eigenvalue weighted by atomic mass is 9.49. The van der Waals surface area contributed by atoms with Crippen LogP contribution in [0.25, 0.3) is 0 Å². The van der Waals surface area contributed by atoms with Crippen molar-refractivity contribution in [1.82, 2.24) is 10.2 Å². The molecule has 0 unspecified atom stereocenters. The fraction of sp³-hybridized carbons (Fsp3) is 0.565. The third-order valence-corrected chi connectivity index (χ3v) is 8.52. The fourth-order valence-electron chi connectivity index (χ4n) is 6.71. The number of benzene rings is 1. The molecule has 5 aliphatic rings. The van der Waals surface area contributed by atoms with Gasteiger partial charge in [-0.3, -0.25) is 9.59 Å². The lowest BCUT2D eigenvalue weighted by Crippen LogP contribution is -2.48. The molecule has 1 aromatic heterocycles. The lowest BCUT2D eigenvalue weighted by molar-refractivity contribution is -0.117.